The molecule has 0 atom stereocenters. The molecule has 0 saturated carbocycles. The molecule has 0 bridgehead atoms. The number of fused-ring (bicyclic) bond motifs is 3. The lowest BCUT2D eigenvalue weighted by Crippen LogP contribution is -2.52. The second-order valence-corrected chi connectivity index (χ2v) is 12.0. The number of ether oxygens (including phenoxy) is 1. The second-order valence-electron chi connectivity index (χ2n) is 12.0. The van der Waals surface area contributed by atoms with Crippen LogP contribution in [0.4, 0.5) is 4.79 Å². The van der Waals surface area contributed by atoms with Crippen LogP contribution < -0.4 is 11.2 Å². The van der Waals surface area contributed by atoms with Gasteiger partial charge in [-0.25, -0.2) is 4.79 Å². The maximum Gasteiger partial charge on any atom is 0.498 e. The zero-order valence-electron chi connectivity index (χ0n) is 23.2. The lowest BCUT2D eigenvalue weighted by atomic mass is 9.81. The molecule has 2 aliphatic heterocycles. The predicted octanol–water partition coefficient (Wildman–Crippen LogP) is 3.88. The summed E-state index contributed by atoms with van der Waals surface area (Å²) in [6.45, 7) is 10.0. The maximum atomic E-state index is 13.1. The monoisotopic (exact) mass is 528 g/mol. The molecule has 3 heterocycles. The van der Waals surface area contributed by atoms with Crippen molar-refractivity contribution in [1.29, 1.82) is 0 Å². The van der Waals surface area contributed by atoms with Crippen molar-refractivity contribution in [2.75, 3.05) is 26.2 Å². The number of carbonyl (C=O) groups excluding carboxylic acids is 1. The van der Waals surface area contributed by atoms with Crippen LogP contribution in [0.25, 0.3) is 11.1 Å². The van der Waals surface area contributed by atoms with Crippen LogP contribution >= 0.6 is 0 Å². The van der Waals surface area contributed by atoms with E-state index in [-0.39, 0.29) is 17.6 Å². The van der Waals surface area contributed by atoms with E-state index in [2.05, 4.69) is 41.5 Å². The van der Waals surface area contributed by atoms with Crippen LogP contribution in [0, 0.1) is 0 Å². The highest BCUT2D eigenvalue weighted by Gasteiger charge is 2.52. The number of rotatable bonds is 5. The summed E-state index contributed by atoms with van der Waals surface area (Å²) < 4.78 is 20.2. The number of hydrogen-bond donors (Lipinski definition) is 1. The smallest absolute Gasteiger partial charge is 0.448 e. The minimum Gasteiger partial charge on any atom is -0.448 e. The van der Waals surface area contributed by atoms with Crippen LogP contribution in [-0.2, 0) is 19.6 Å². The molecule has 0 radical (unpaired) electrons. The van der Waals surface area contributed by atoms with E-state index in [4.69, 9.17) is 19.8 Å². The topological polar surface area (TPSA) is 91.8 Å². The van der Waals surface area contributed by atoms with Crippen LogP contribution in [0.1, 0.15) is 57.6 Å². The molecule has 8 nitrogen and oxygen atoms in total. The van der Waals surface area contributed by atoms with Gasteiger partial charge in [0, 0.05) is 43.4 Å². The molecule has 204 valence electrons. The van der Waals surface area contributed by atoms with Crippen molar-refractivity contribution in [2.24, 2.45) is 5.73 Å². The largest absolute Gasteiger partial charge is 0.498 e. The van der Waals surface area contributed by atoms with Gasteiger partial charge >= 0.3 is 13.2 Å². The van der Waals surface area contributed by atoms with Crippen LogP contribution in [0.5, 0.6) is 0 Å². The van der Waals surface area contributed by atoms with Crippen molar-refractivity contribution >= 4 is 18.7 Å². The molecule has 2 N–H and O–H groups in total. The van der Waals surface area contributed by atoms with Gasteiger partial charge in [0.2, 0.25) is 0 Å². The molecule has 3 aliphatic rings. The molecule has 6 rings (SSSR count). The van der Waals surface area contributed by atoms with Gasteiger partial charge in [0.05, 0.1) is 16.7 Å². The number of amides is 1. The number of aromatic nitrogens is 2. The highest BCUT2D eigenvalue weighted by atomic mass is 16.7. The Hall–Kier alpha value is -3.14. The lowest BCUT2D eigenvalue weighted by molar-refractivity contribution is 0.00578. The molecule has 1 aromatic heterocycles. The van der Waals surface area contributed by atoms with Gasteiger partial charge in [0.1, 0.15) is 6.61 Å². The average Bonchev–Trinajstić information content (AvgIpc) is 3.61. The van der Waals surface area contributed by atoms with Crippen LogP contribution in [-0.4, -0.2) is 65.3 Å². The molecule has 1 amide bonds. The third-order valence-corrected chi connectivity index (χ3v) is 9.28. The Morgan fingerprint density at radius 3 is 2.13 bits per heavy atom. The molecule has 2 aromatic carbocycles. The highest BCUT2D eigenvalue weighted by molar-refractivity contribution is 6.62. The number of piperidine rings is 1. The maximum absolute atomic E-state index is 13.1. The van der Waals surface area contributed by atoms with Crippen molar-refractivity contribution in [2.45, 2.75) is 63.2 Å². The summed E-state index contributed by atoms with van der Waals surface area (Å²) in [6, 6.07) is 16.7. The first kappa shape index (κ1) is 26.1. The SMILES string of the molecule is CC1(C)OB(c2cnn(C3(CN)CCN(C(=O)OCC4c5ccccc5-c5ccccc54)CC3)c2)OC1(C)C. The van der Waals surface area contributed by atoms with E-state index in [1.807, 2.05) is 50.7 Å². The second kappa shape index (κ2) is 9.50. The van der Waals surface area contributed by atoms with E-state index >= 15 is 0 Å². The first-order chi connectivity index (χ1) is 18.6. The third kappa shape index (κ3) is 4.37. The predicted molar refractivity (Wildman–Crippen MR) is 151 cm³/mol. The van der Waals surface area contributed by atoms with Crippen LogP contribution in [0.3, 0.4) is 0 Å². The molecule has 0 unspecified atom stereocenters. The van der Waals surface area contributed by atoms with E-state index in [1.54, 1.807) is 11.1 Å². The summed E-state index contributed by atoms with van der Waals surface area (Å²) in [4.78, 5) is 14.9. The molecule has 2 fully saturated rings. The van der Waals surface area contributed by atoms with E-state index in [1.165, 1.54) is 22.3 Å². The van der Waals surface area contributed by atoms with Gasteiger partial charge in [-0.15, -0.1) is 0 Å². The number of benzene rings is 2. The normalized spacial score (nSPS) is 21.1. The molecule has 9 heteroatoms. The van der Waals surface area contributed by atoms with Crippen molar-refractivity contribution < 1.29 is 18.8 Å². The van der Waals surface area contributed by atoms with Gasteiger partial charge in [-0.2, -0.15) is 5.10 Å². The molecule has 0 spiro atoms. The van der Waals surface area contributed by atoms with Gasteiger partial charge in [-0.1, -0.05) is 48.5 Å². The van der Waals surface area contributed by atoms with Gasteiger partial charge in [-0.05, 0) is 62.8 Å². The molecule has 1 aliphatic carbocycles. The van der Waals surface area contributed by atoms with E-state index in [0.29, 0.717) is 39.1 Å². The lowest BCUT2D eigenvalue weighted by Gasteiger charge is -2.41. The summed E-state index contributed by atoms with van der Waals surface area (Å²) in [5, 5.41) is 4.67. The Balaban J connectivity index is 1.10. The summed E-state index contributed by atoms with van der Waals surface area (Å²) in [5.41, 5.74) is 10.8. The summed E-state index contributed by atoms with van der Waals surface area (Å²) in [6.07, 6.45) is 4.90. The Bertz CT molecular complexity index is 1320. The third-order valence-electron chi connectivity index (χ3n) is 9.28. The molecule has 2 saturated heterocycles. The molecule has 3 aromatic rings. The number of hydrogen-bond acceptors (Lipinski definition) is 6. The Kier molecular flexibility index (Phi) is 6.36. The van der Waals surface area contributed by atoms with E-state index < -0.39 is 18.3 Å². The fourth-order valence-electron chi connectivity index (χ4n) is 6.01. The van der Waals surface area contributed by atoms with Crippen molar-refractivity contribution in [1.82, 2.24) is 14.7 Å². The zero-order chi connectivity index (χ0) is 27.4. The number of nitrogens with two attached hydrogens (primary N) is 1. The first-order valence-electron chi connectivity index (χ1n) is 13.8. The van der Waals surface area contributed by atoms with E-state index in [9.17, 15) is 4.79 Å². The Morgan fingerprint density at radius 1 is 1.00 bits per heavy atom. The average molecular weight is 528 g/mol. The minimum absolute atomic E-state index is 0.0479. The zero-order valence-corrected chi connectivity index (χ0v) is 23.2. The fourth-order valence-corrected chi connectivity index (χ4v) is 6.01. The molecular formula is C30H37BN4O4. The summed E-state index contributed by atoms with van der Waals surface area (Å²) in [7, 11) is -0.473. The highest BCUT2D eigenvalue weighted by Crippen LogP contribution is 2.44. The van der Waals surface area contributed by atoms with Crippen LogP contribution in [0.2, 0.25) is 0 Å². The summed E-state index contributed by atoms with van der Waals surface area (Å²) in [5.74, 6) is 0.0479. The quantitative estimate of drug-likeness (QED) is 0.506. The Morgan fingerprint density at radius 2 is 1.56 bits per heavy atom. The standard InChI is InChI=1S/C30H37BN4O4/c1-28(2)29(3,4)39-31(38-28)21-17-33-35(18-21)30(20-32)13-15-34(16-14-30)27(36)37-19-26-24-11-7-5-9-22(24)23-10-6-8-12-25(23)26/h5-12,17-18,26H,13-16,19-20,32H2,1-4H3. The van der Waals surface area contributed by atoms with Crippen molar-refractivity contribution in [3.05, 3.63) is 72.1 Å². The summed E-state index contributed by atoms with van der Waals surface area (Å²) >= 11 is 0. The molecular weight excluding hydrogens is 491 g/mol. The van der Waals surface area contributed by atoms with Gasteiger partial charge in [-0.3, -0.25) is 4.68 Å². The first-order valence-corrected chi connectivity index (χ1v) is 13.8. The molecule has 39 heavy (non-hydrogen) atoms. The Labute approximate surface area is 230 Å². The number of nitrogens with zero attached hydrogens (tertiary/aromatic N) is 3. The number of carbonyl (C=O) groups is 1. The van der Waals surface area contributed by atoms with Crippen molar-refractivity contribution in [3.8, 4) is 11.1 Å². The van der Waals surface area contributed by atoms with Crippen molar-refractivity contribution in [3.63, 3.8) is 0 Å². The van der Waals surface area contributed by atoms with Gasteiger partial charge in [0.25, 0.3) is 0 Å². The fraction of sp³-hybridized carbons (Fsp3) is 0.467. The minimum atomic E-state index is -0.473. The van der Waals surface area contributed by atoms with Gasteiger partial charge in [0.15, 0.2) is 0 Å². The van der Waals surface area contributed by atoms with Gasteiger partial charge < -0.3 is 24.7 Å². The number of likely N-dealkylation sites (tertiary alicyclic amines) is 1. The van der Waals surface area contributed by atoms with E-state index in [0.717, 1.165) is 5.46 Å². The van der Waals surface area contributed by atoms with Crippen LogP contribution in [0.15, 0.2) is 60.9 Å².